The van der Waals surface area contributed by atoms with Crippen LogP contribution in [0.3, 0.4) is 0 Å². The van der Waals surface area contributed by atoms with Crippen LogP contribution in [-0.4, -0.2) is 23.4 Å². The Morgan fingerprint density at radius 1 is 1.37 bits per heavy atom. The average Bonchev–Trinajstić information content (AvgIpc) is 2.99. The number of rotatable bonds is 4. The van der Waals surface area contributed by atoms with Gasteiger partial charge in [-0.15, -0.1) is 0 Å². The summed E-state index contributed by atoms with van der Waals surface area (Å²) in [5.74, 6) is 0.906. The van der Waals surface area contributed by atoms with Crippen molar-refractivity contribution in [2.24, 2.45) is 5.73 Å². The maximum atomic E-state index is 5.72. The molecule has 1 aliphatic rings. The number of hydrogen-bond donors (Lipinski definition) is 1. The summed E-state index contributed by atoms with van der Waals surface area (Å²) in [6.07, 6.45) is 3.08. The predicted octanol–water partition coefficient (Wildman–Crippen LogP) is 2.01. The smallest absolute Gasteiger partial charge is 0.126 e. The molecule has 0 saturated carbocycles. The van der Waals surface area contributed by atoms with Crippen LogP contribution in [0, 0.1) is 0 Å². The van der Waals surface area contributed by atoms with Crippen LogP contribution in [0.25, 0.3) is 11.1 Å². The Labute approximate surface area is 113 Å². The predicted molar refractivity (Wildman–Crippen MR) is 75.3 cm³/mol. The van der Waals surface area contributed by atoms with Gasteiger partial charge in [-0.2, -0.15) is 5.10 Å². The van der Waals surface area contributed by atoms with E-state index >= 15 is 0 Å². The van der Waals surface area contributed by atoms with E-state index in [-0.39, 0.29) is 0 Å². The summed E-state index contributed by atoms with van der Waals surface area (Å²) in [5.41, 5.74) is 10.5. The van der Waals surface area contributed by atoms with Crippen molar-refractivity contribution in [1.29, 1.82) is 0 Å². The number of methoxy groups -OCH3 is 1. The van der Waals surface area contributed by atoms with Crippen molar-refractivity contribution in [2.75, 3.05) is 13.7 Å². The molecule has 1 aromatic heterocycles. The fraction of sp³-hybridized carbons (Fsp3) is 0.400. The second-order valence-electron chi connectivity index (χ2n) is 4.83. The van der Waals surface area contributed by atoms with Gasteiger partial charge in [0, 0.05) is 29.8 Å². The van der Waals surface area contributed by atoms with Gasteiger partial charge in [-0.05, 0) is 25.5 Å². The molecule has 0 amide bonds. The van der Waals surface area contributed by atoms with Crippen molar-refractivity contribution in [3.8, 4) is 16.9 Å². The minimum atomic E-state index is 0.624. The fourth-order valence-electron chi connectivity index (χ4n) is 2.86. The zero-order valence-electron chi connectivity index (χ0n) is 11.2. The molecule has 19 heavy (non-hydrogen) atoms. The first kappa shape index (κ1) is 12.2. The Kier molecular flexibility index (Phi) is 3.25. The number of hydrogen-bond acceptors (Lipinski definition) is 3. The highest BCUT2D eigenvalue weighted by Gasteiger charge is 2.23. The van der Waals surface area contributed by atoms with Crippen molar-refractivity contribution in [3.05, 3.63) is 35.7 Å². The van der Waals surface area contributed by atoms with Crippen molar-refractivity contribution in [2.45, 2.75) is 25.8 Å². The van der Waals surface area contributed by atoms with E-state index in [1.54, 1.807) is 7.11 Å². The highest BCUT2D eigenvalue weighted by molar-refractivity contribution is 5.75. The van der Waals surface area contributed by atoms with Gasteiger partial charge in [0.15, 0.2) is 0 Å². The summed E-state index contributed by atoms with van der Waals surface area (Å²) < 4.78 is 7.63. The molecule has 1 aromatic carbocycles. The topological polar surface area (TPSA) is 53.1 Å². The number of benzene rings is 1. The Hall–Kier alpha value is -1.81. The number of para-hydroxylation sites is 1. The summed E-state index contributed by atoms with van der Waals surface area (Å²) in [6, 6.07) is 8.15. The van der Waals surface area contributed by atoms with Gasteiger partial charge in [-0.1, -0.05) is 18.2 Å². The molecule has 2 aromatic rings. The quantitative estimate of drug-likeness (QED) is 0.911. The summed E-state index contributed by atoms with van der Waals surface area (Å²) in [4.78, 5) is 0. The highest BCUT2D eigenvalue weighted by Crippen LogP contribution is 2.37. The molecule has 0 fully saturated rings. The standard InChI is InChI=1S/C15H19N3O/c1-19-14-7-3-2-5-11(14)15-12(8-9-16)17-18-10-4-6-13(15)18/h2-3,5,7H,4,6,8-10,16H2,1H3. The summed E-state index contributed by atoms with van der Waals surface area (Å²) in [5, 5.41) is 4.71. The Morgan fingerprint density at radius 3 is 3.00 bits per heavy atom. The van der Waals surface area contributed by atoms with Crippen LogP contribution >= 0.6 is 0 Å². The zero-order chi connectivity index (χ0) is 13.2. The SMILES string of the molecule is COc1ccccc1-c1c(CCN)nn2c1CCC2. The first-order valence-corrected chi connectivity index (χ1v) is 6.77. The molecule has 0 unspecified atom stereocenters. The molecule has 4 nitrogen and oxygen atoms in total. The molecule has 0 bridgehead atoms. The van der Waals surface area contributed by atoms with Crippen molar-refractivity contribution in [1.82, 2.24) is 9.78 Å². The van der Waals surface area contributed by atoms with Gasteiger partial charge in [0.2, 0.25) is 0 Å². The van der Waals surface area contributed by atoms with Gasteiger partial charge in [0.05, 0.1) is 12.8 Å². The van der Waals surface area contributed by atoms with E-state index in [2.05, 4.69) is 10.7 Å². The maximum Gasteiger partial charge on any atom is 0.126 e. The molecular weight excluding hydrogens is 238 g/mol. The van der Waals surface area contributed by atoms with Crippen LogP contribution in [-0.2, 0) is 19.4 Å². The van der Waals surface area contributed by atoms with Crippen molar-refractivity contribution < 1.29 is 4.74 Å². The second kappa shape index (κ2) is 5.05. The van der Waals surface area contributed by atoms with Crippen molar-refractivity contribution in [3.63, 3.8) is 0 Å². The van der Waals surface area contributed by atoms with Crippen LogP contribution in [0.15, 0.2) is 24.3 Å². The molecule has 100 valence electrons. The van der Waals surface area contributed by atoms with Crippen molar-refractivity contribution >= 4 is 0 Å². The zero-order valence-corrected chi connectivity index (χ0v) is 11.2. The lowest BCUT2D eigenvalue weighted by molar-refractivity contribution is 0.416. The lowest BCUT2D eigenvalue weighted by Gasteiger charge is -2.09. The third-order valence-electron chi connectivity index (χ3n) is 3.67. The monoisotopic (exact) mass is 257 g/mol. The van der Waals surface area contributed by atoms with Gasteiger partial charge in [0.25, 0.3) is 0 Å². The Morgan fingerprint density at radius 2 is 2.21 bits per heavy atom. The van der Waals surface area contributed by atoms with Crippen LogP contribution in [0.2, 0.25) is 0 Å². The van der Waals surface area contributed by atoms with Crippen LogP contribution < -0.4 is 10.5 Å². The van der Waals surface area contributed by atoms with Crippen LogP contribution in [0.4, 0.5) is 0 Å². The van der Waals surface area contributed by atoms with Gasteiger partial charge in [-0.3, -0.25) is 4.68 Å². The maximum absolute atomic E-state index is 5.72. The molecule has 4 heteroatoms. The van der Waals surface area contributed by atoms with E-state index in [1.165, 1.54) is 17.7 Å². The number of aromatic nitrogens is 2. The number of fused-ring (bicyclic) bond motifs is 1. The van der Waals surface area contributed by atoms with Gasteiger partial charge >= 0.3 is 0 Å². The molecule has 0 spiro atoms. The first-order valence-electron chi connectivity index (χ1n) is 6.77. The number of nitrogens with zero attached hydrogens (tertiary/aromatic N) is 2. The number of aryl methyl sites for hydroxylation is 1. The lowest BCUT2D eigenvalue weighted by atomic mass is 9.99. The van der Waals surface area contributed by atoms with Gasteiger partial charge < -0.3 is 10.5 Å². The lowest BCUT2D eigenvalue weighted by Crippen LogP contribution is -2.05. The normalized spacial score (nSPS) is 13.6. The third kappa shape index (κ3) is 2.02. The molecule has 0 atom stereocenters. The second-order valence-corrected chi connectivity index (χ2v) is 4.83. The fourth-order valence-corrected chi connectivity index (χ4v) is 2.86. The first-order chi connectivity index (χ1) is 9.35. The minimum Gasteiger partial charge on any atom is -0.496 e. The van der Waals surface area contributed by atoms with E-state index in [0.717, 1.165) is 36.4 Å². The van der Waals surface area contributed by atoms with Gasteiger partial charge in [0.1, 0.15) is 5.75 Å². The van der Waals surface area contributed by atoms with E-state index in [1.807, 2.05) is 18.2 Å². The van der Waals surface area contributed by atoms with E-state index in [0.29, 0.717) is 6.54 Å². The Balaban J connectivity index is 2.17. The van der Waals surface area contributed by atoms with Gasteiger partial charge in [-0.25, -0.2) is 0 Å². The highest BCUT2D eigenvalue weighted by atomic mass is 16.5. The third-order valence-corrected chi connectivity index (χ3v) is 3.67. The number of nitrogens with two attached hydrogens (primary N) is 1. The van der Waals surface area contributed by atoms with Crippen LogP contribution in [0.5, 0.6) is 5.75 Å². The summed E-state index contributed by atoms with van der Waals surface area (Å²) >= 11 is 0. The summed E-state index contributed by atoms with van der Waals surface area (Å²) in [6.45, 7) is 1.64. The van der Waals surface area contributed by atoms with E-state index in [9.17, 15) is 0 Å². The molecule has 2 heterocycles. The molecule has 0 saturated heterocycles. The van der Waals surface area contributed by atoms with Crippen LogP contribution in [0.1, 0.15) is 17.8 Å². The molecule has 1 aliphatic heterocycles. The van der Waals surface area contributed by atoms with E-state index in [4.69, 9.17) is 15.6 Å². The molecular formula is C15H19N3O. The molecule has 3 rings (SSSR count). The Bertz CT molecular complexity index is 589. The molecule has 0 radical (unpaired) electrons. The molecule has 0 aliphatic carbocycles. The number of ether oxygens (including phenoxy) is 1. The molecule has 2 N–H and O–H groups in total. The average molecular weight is 257 g/mol. The minimum absolute atomic E-state index is 0.624. The largest absolute Gasteiger partial charge is 0.496 e. The van der Waals surface area contributed by atoms with E-state index < -0.39 is 0 Å². The summed E-state index contributed by atoms with van der Waals surface area (Å²) in [7, 11) is 1.71.